The van der Waals surface area contributed by atoms with Gasteiger partial charge in [-0.2, -0.15) is 30.4 Å². The number of hydrogen-bond donors (Lipinski definition) is 2. The van der Waals surface area contributed by atoms with Crippen LogP contribution < -0.4 is 4.13 Å². The van der Waals surface area contributed by atoms with Gasteiger partial charge in [0.05, 0.1) is 0 Å². The summed E-state index contributed by atoms with van der Waals surface area (Å²) >= 11 is 0. The summed E-state index contributed by atoms with van der Waals surface area (Å²) < 4.78 is 112. The number of alkyl halides is 5. The van der Waals surface area contributed by atoms with Crippen molar-refractivity contribution in [3.8, 4) is 0 Å². The Morgan fingerprint density at radius 2 is 1.35 bits per heavy atom. The van der Waals surface area contributed by atoms with Crippen LogP contribution in [-0.4, -0.2) is 35.7 Å². The second kappa shape index (κ2) is 4.38. The van der Waals surface area contributed by atoms with Gasteiger partial charge in [-0.05, 0) is 0 Å². The fourth-order valence-corrected chi connectivity index (χ4v) is 2.93. The number of rotatable bonds is 4. The maximum absolute atomic E-state index is 12.4. The van der Waals surface area contributed by atoms with Crippen molar-refractivity contribution in [2.24, 2.45) is 0 Å². The largest absolute Gasteiger partial charge is 0.512 e. The van der Waals surface area contributed by atoms with Gasteiger partial charge in [-0.3, -0.25) is 4.55 Å². The predicted molar refractivity (Wildman–Crippen MR) is 42.7 cm³/mol. The van der Waals surface area contributed by atoms with Gasteiger partial charge >= 0.3 is 30.2 Å². The maximum Gasteiger partial charge on any atom is 0.512 e. The molecule has 0 aromatic carbocycles. The summed E-state index contributed by atoms with van der Waals surface area (Å²) in [5, 5.41) is 0. The lowest BCUT2D eigenvalue weighted by Crippen LogP contribution is -2.46. The van der Waals surface area contributed by atoms with E-state index in [1.165, 1.54) is 0 Å². The van der Waals surface area contributed by atoms with E-state index in [9.17, 15) is 43.0 Å². The van der Waals surface area contributed by atoms with Crippen LogP contribution in [-0.2, 0) is 31.1 Å². The van der Waals surface area contributed by atoms with Crippen molar-refractivity contribution in [1.82, 2.24) is 4.13 Å². The maximum atomic E-state index is 12.4. The Hall–Kier alpha value is -0.380. The highest BCUT2D eigenvalue weighted by molar-refractivity contribution is 8.09. The van der Waals surface area contributed by atoms with Crippen LogP contribution in [0.25, 0.3) is 0 Å². The molecule has 1 unspecified atom stereocenters. The molecule has 17 heavy (non-hydrogen) atoms. The average molecular weight is 327 g/mol. The van der Waals surface area contributed by atoms with Gasteiger partial charge in [-0.1, -0.05) is 0 Å². The van der Waals surface area contributed by atoms with Crippen molar-refractivity contribution in [3.05, 3.63) is 0 Å². The van der Waals surface area contributed by atoms with E-state index in [-0.39, 0.29) is 4.13 Å². The first-order chi connectivity index (χ1) is 7.13. The molecule has 0 radical (unpaired) electrons. The van der Waals surface area contributed by atoms with Crippen LogP contribution >= 0.6 is 0 Å². The lowest BCUT2D eigenvalue weighted by atomic mass is 11.6. The highest BCUT2D eigenvalue weighted by Crippen LogP contribution is 2.27. The van der Waals surface area contributed by atoms with Gasteiger partial charge in [-0.25, -0.2) is 12.6 Å². The van der Waals surface area contributed by atoms with Crippen molar-refractivity contribution in [2.45, 2.75) is 10.1 Å². The first-order valence-electron chi connectivity index (χ1n) is 2.98. The third kappa shape index (κ3) is 3.54. The Balaban J connectivity index is 5.32. The third-order valence-electron chi connectivity index (χ3n) is 1.01. The highest BCUT2D eigenvalue weighted by Gasteiger charge is 2.56. The molecule has 0 aliphatic heterocycles. The molecule has 0 amide bonds. The van der Waals surface area contributed by atoms with Crippen LogP contribution in [0.5, 0.6) is 0 Å². The topological polar surface area (TPSA) is 118 Å². The molecule has 0 aromatic heterocycles. The molecule has 0 aliphatic rings. The summed E-state index contributed by atoms with van der Waals surface area (Å²) in [7, 11) is -17.3. The van der Waals surface area contributed by atoms with Gasteiger partial charge in [0, 0.05) is 0 Å². The van der Waals surface area contributed by atoms with E-state index >= 15 is 0 Å². The summed E-state index contributed by atoms with van der Waals surface area (Å²) in [6.45, 7) is 0. The fourth-order valence-electron chi connectivity index (χ4n) is 0.291. The van der Waals surface area contributed by atoms with Crippen LogP contribution in [0.1, 0.15) is 0 Å². The third-order valence-corrected chi connectivity index (χ3v) is 5.22. The Kier molecular flexibility index (Phi) is 4.28. The van der Waals surface area contributed by atoms with Gasteiger partial charge in [-0.15, -0.1) is 4.13 Å². The second-order valence-electron chi connectivity index (χ2n) is 2.24. The number of halogens is 5. The molecule has 1 atom stereocenters. The zero-order valence-electron chi connectivity index (χ0n) is 7.10. The molecule has 0 saturated heterocycles. The Bertz CT molecular complexity index is 516. The molecule has 104 valence electrons. The van der Waals surface area contributed by atoms with Crippen LogP contribution in [0.2, 0.25) is 0 Å². The molecule has 0 heterocycles. The molecule has 0 aliphatic carbocycles. The minimum atomic E-state index is -6.45. The summed E-state index contributed by atoms with van der Waals surface area (Å²) in [5.41, 5.74) is -6.07. The smallest absolute Gasteiger partial charge is 0.280 e. The monoisotopic (exact) mass is 327 g/mol. The van der Waals surface area contributed by atoms with Crippen LogP contribution in [0.15, 0.2) is 0 Å². The molecule has 0 spiro atoms. The normalized spacial score (nSPS) is 16.8. The molecule has 15 heteroatoms. The summed E-state index contributed by atoms with van der Waals surface area (Å²) in [6, 6.07) is 0. The molecular weight excluding hydrogens is 325 g/mol. The molecular formula is C2H2F5NO6S3. The van der Waals surface area contributed by atoms with Gasteiger partial charge in [0.25, 0.3) is 0 Å². The highest BCUT2D eigenvalue weighted by atomic mass is 32.3. The predicted octanol–water partition coefficient (Wildman–Crippen LogP) is -0.473. The Morgan fingerprint density at radius 3 is 1.59 bits per heavy atom. The number of nitrogens with one attached hydrogen (secondary N) is 1. The Morgan fingerprint density at radius 1 is 1.00 bits per heavy atom. The van der Waals surface area contributed by atoms with Crippen molar-refractivity contribution >= 4 is 31.1 Å². The summed E-state index contributed by atoms with van der Waals surface area (Å²) in [5.74, 6) is 0. The lowest BCUT2D eigenvalue weighted by molar-refractivity contribution is -0.0441. The van der Waals surface area contributed by atoms with Crippen LogP contribution in [0.4, 0.5) is 22.0 Å². The van der Waals surface area contributed by atoms with E-state index in [2.05, 4.69) is 0 Å². The number of sulfonamides is 1. The second-order valence-corrected chi connectivity index (χ2v) is 7.15. The minimum absolute atomic E-state index is 0.127. The zero-order chi connectivity index (χ0) is 14.3. The quantitative estimate of drug-likeness (QED) is 0.532. The van der Waals surface area contributed by atoms with Crippen LogP contribution in [0.3, 0.4) is 0 Å². The van der Waals surface area contributed by atoms with E-state index in [0.29, 0.717) is 0 Å². The van der Waals surface area contributed by atoms with E-state index in [1.54, 1.807) is 0 Å². The average Bonchev–Trinajstić information content (AvgIpc) is 1.98. The van der Waals surface area contributed by atoms with Crippen molar-refractivity contribution < 1.29 is 47.5 Å². The zero-order valence-corrected chi connectivity index (χ0v) is 9.55. The Labute approximate surface area is 93.4 Å². The fraction of sp³-hybridized carbons (Fsp3) is 1.00. The molecule has 0 aromatic rings. The van der Waals surface area contributed by atoms with Gasteiger partial charge in [0.1, 0.15) is 0 Å². The summed E-state index contributed by atoms with van der Waals surface area (Å²) in [6.07, 6.45) is 0. The van der Waals surface area contributed by atoms with Gasteiger partial charge < -0.3 is 0 Å². The molecule has 0 fully saturated rings. The first-order valence-corrected chi connectivity index (χ1v) is 7.05. The SMILES string of the molecule is O=S(NS(=O)(=O)C(F)(F)F)C(F)(F)S(=O)(=O)O. The molecule has 2 N–H and O–H groups in total. The summed E-state index contributed by atoms with van der Waals surface area (Å²) in [4.78, 5) is 0. The first kappa shape index (κ1) is 16.6. The van der Waals surface area contributed by atoms with E-state index in [1.807, 2.05) is 0 Å². The van der Waals surface area contributed by atoms with Crippen LogP contribution in [0, 0.1) is 0 Å². The van der Waals surface area contributed by atoms with E-state index in [4.69, 9.17) is 4.55 Å². The molecule has 0 rings (SSSR count). The molecule has 7 nitrogen and oxygen atoms in total. The van der Waals surface area contributed by atoms with Crippen molar-refractivity contribution in [3.63, 3.8) is 0 Å². The molecule has 0 saturated carbocycles. The number of hydrogen-bond acceptors (Lipinski definition) is 5. The standard InChI is InChI=1S/C2H2F5NO6S3/c3-1(4,5)16(10,11)8-15(9)2(6,7)17(12,13)14/h8H,(H,12,13,14). The minimum Gasteiger partial charge on any atom is -0.280 e. The lowest BCUT2D eigenvalue weighted by Gasteiger charge is -2.13. The van der Waals surface area contributed by atoms with Crippen molar-refractivity contribution in [1.29, 1.82) is 0 Å². The van der Waals surface area contributed by atoms with Gasteiger partial charge in [0.2, 0.25) is 0 Å². The molecule has 0 bridgehead atoms. The van der Waals surface area contributed by atoms with Crippen molar-refractivity contribution in [2.75, 3.05) is 0 Å². The van der Waals surface area contributed by atoms with E-state index in [0.717, 1.165) is 0 Å². The van der Waals surface area contributed by atoms with E-state index < -0.39 is 41.2 Å². The van der Waals surface area contributed by atoms with Gasteiger partial charge in [0.15, 0.2) is 11.0 Å².